The number of nitrogens with zero attached hydrogens (tertiary/aromatic N) is 4. The fraction of sp³-hybridized carbons (Fsp3) is 0.500. The van der Waals surface area contributed by atoms with Gasteiger partial charge in [0, 0.05) is 54.7 Å². The Morgan fingerprint density at radius 1 is 1.36 bits per heavy atom. The van der Waals surface area contributed by atoms with Crippen LogP contribution in [-0.2, 0) is 16.6 Å². The zero-order chi connectivity index (χ0) is 20.6. The highest BCUT2D eigenvalue weighted by Gasteiger charge is 2.32. The first-order chi connectivity index (χ1) is 13.2. The summed E-state index contributed by atoms with van der Waals surface area (Å²) in [5, 5.41) is 10.5. The molecular formula is C20H26N4O3S. The number of nitriles is 1. The van der Waals surface area contributed by atoms with E-state index in [4.69, 9.17) is 0 Å². The summed E-state index contributed by atoms with van der Waals surface area (Å²) in [6.07, 6.45) is 2.09. The summed E-state index contributed by atoms with van der Waals surface area (Å²) in [4.78, 5) is 13.5. The normalized spacial score (nSPS) is 20.2. The average molecular weight is 403 g/mol. The van der Waals surface area contributed by atoms with E-state index in [0.29, 0.717) is 37.4 Å². The first kappa shape index (κ1) is 20.5. The molecular weight excluding hydrogens is 376 g/mol. The number of aromatic nitrogens is 1. The Morgan fingerprint density at radius 2 is 2.07 bits per heavy atom. The molecule has 1 aliphatic heterocycles. The molecule has 2 aromatic rings. The topological polar surface area (TPSA) is 86.4 Å². The van der Waals surface area contributed by atoms with Crippen molar-refractivity contribution in [1.29, 1.82) is 5.26 Å². The molecule has 1 aliphatic rings. The van der Waals surface area contributed by atoms with Gasteiger partial charge in [-0.2, -0.15) is 9.57 Å². The number of carbonyl (C=O) groups excluding carboxylic acids is 1. The van der Waals surface area contributed by atoms with E-state index >= 15 is 0 Å². The lowest BCUT2D eigenvalue weighted by molar-refractivity contribution is 0.102. The van der Waals surface area contributed by atoms with Gasteiger partial charge in [-0.15, -0.1) is 0 Å². The molecule has 1 aromatic carbocycles. The van der Waals surface area contributed by atoms with E-state index in [1.807, 2.05) is 30.5 Å². The minimum Gasteiger partial charge on any atom is -0.331 e. The van der Waals surface area contributed by atoms with E-state index in [1.54, 1.807) is 10.4 Å². The van der Waals surface area contributed by atoms with Crippen molar-refractivity contribution in [2.75, 3.05) is 25.9 Å². The maximum Gasteiger partial charge on any atom is 0.211 e. The second kappa shape index (κ2) is 7.66. The van der Waals surface area contributed by atoms with Crippen molar-refractivity contribution in [2.45, 2.75) is 39.4 Å². The molecule has 7 nitrogen and oxygen atoms in total. The number of benzene rings is 1. The molecule has 8 heteroatoms. The third kappa shape index (κ3) is 3.70. The fourth-order valence-electron chi connectivity index (χ4n) is 4.15. The lowest BCUT2D eigenvalue weighted by atomic mass is 10.1. The van der Waals surface area contributed by atoms with Gasteiger partial charge in [0.05, 0.1) is 6.26 Å². The summed E-state index contributed by atoms with van der Waals surface area (Å²) >= 11 is 0. The largest absolute Gasteiger partial charge is 0.331 e. The molecule has 0 bridgehead atoms. The molecule has 28 heavy (non-hydrogen) atoms. The zero-order valence-electron chi connectivity index (χ0n) is 16.7. The first-order valence-corrected chi connectivity index (χ1v) is 11.2. The third-order valence-electron chi connectivity index (χ3n) is 5.73. The third-order valence-corrected chi connectivity index (χ3v) is 7.13. The van der Waals surface area contributed by atoms with Crippen LogP contribution in [0.4, 0.5) is 0 Å². The molecule has 1 aromatic heterocycles. The highest BCUT2D eigenvalue weighted by molar-refractivity contribution is 7.88. The van der Waals surface area contributed by atoms with Gasteiger partial charge in [-0.05, 0) is 44.5 Å². The number of piperazine rings is 1. The Balaban J connectivity index is 1.86. The van der Waals surface area contributed by atoms with Crippen molar-refractivity contribution in [3.05, 3.63) is 35.0 Å². The smallest absolute Gasteiger partial charge is 0.211 e. The number of aldehydes is 1. The van der Waals surface area contributed by atoms with Gasteiger partial charge in [0.15, 0.2) is 0 Å². The second-order valence-corrected chi connectivity index (χ2v) is 9.58. The Labute approximate surface area is 166 Å². The van der Waals surface area contributed by atoms with Crippen LogP contribution in [0.15, 0.2) is 18.2 Å². The van der Waals surface area contributed by atoms with Crippen LogP contribution in [0.25, 0.3) is 10.9 Å². The molecule has 2 atom stereocenters. The van der Waals surface area contributed by atoms with Crippen LogP contribution in [-0.4, -0.2) is 66.4 Å². The number of fused-ring (bicyclic) bond motifs is 1. The monoisotopic (exact) mass is 402 g/mol. The van der Waals surface area contributed by atoms with Crippen molar-refractivity contribution < 1.29 is 13.2 Å². The van der Waals surface area contributed by atoms with Gasteiger partial charge in [0.25, 0.3) is 0 Å². The number of sulfonamides is 1. The van der Waals surface area contributed by atoms with E-state index in [-0.39, 0.29) is 12.1 Å². The molecule has 1 saturated heterocycles. The molecule has 0 unspecified atom stereocenters. The summed E-state index contributed by atoms with van der Waals surface area (Å²) in [5.41, 5.74) is 3.02. The summed E-state index contributed by atoms with van der Waals surface area (Å²) in [6.45, 7) is 8.34. The van der Waals surface area contributed by atoms with Crippen molar-refractivity contribution >= 4 is 27.2 Å². The van der Waals surface area contributed by atoms with Crippen LogP contribution in [0.3, 0.4) is 0 Å². The first-order valence-electron chi connectivity index (χ1n) is 9.36. The highest BCUT2D eigenvalue weighted by atomic mass is 32.2. The number of aryl methyl sites for hydroxylation is 1. The molecule has 1 fully saturated rings. The number of carbonyl (C=O) groups is 1. The predicted octanol–water partition coefficient (Wildman–Crippen LogP) is 1.99. The van der Waals surface area contributed by atoms with Crippen LogP contribution in [0.1, 0.15) is 35.5 Å². The molecule has 0 radical (unpaired) electrons. The molecule has 3 rings (SSSR count). The molecule has 0 aliphatic carbocycles. The lowest BCUT2D eigenvalue weighted by Crippen LogP contribution is -2.56. The Hall–Kier alpha value is -2.21. The van der Waals surface area contributed by atoms with Gasteiger partial charge in [-0.3, -0.25) is 9.69 Å². The molecule has 2 heterocycles. The van der Waals surface area contributed by atoms with Crippen LogP contribution in [0.2, 0.25) is 0 Å². The van der Waals surface area contributed by atoms with Gasteiger partial charge >= 0.3 is 0 Å². The summed E-state index contributed by atoms with van der Waals surface area (Å²) in [7, 11) is -3.20. The standard InChI is InChI=1S/C20H26N4O3S/c1-14(22-7-8-24(15(2)11-22)28(4,26)27)12-23-18(10-21)9-19-16(3)17(13-25)5-6-20(19)23/h5-6,9,13-15H,7-8,11-12H2,1-4H3/t14-,15+/m0/s1. The van der Waals surface area contributed by atoms with Gasteiger partial charge in [-0.25, -0.2) is 8.42 Å². The van der Waals surface area contributed by atoms with Gasteiger partial charge in [0.2, 0.25) is 10.0 Å². The van der Waals surface area contributed by atoms with Crippen molar-refractivity contribution in [1.82, 2.24) is 13.8 Å². The Kier molecular flexibility index (Phi) is 5.62. The van der Waals surface area contributed by atoms with Gasteiger partial charge in [-0.1, -0.05) is 0 Å². The number of hydrogen-bond donors (Lipinski definition) is 0. The predicted molar refractivity (Wildman–Crippen MR) is 109 cm³/mol. The molecule has 0 saturated carbocycles. The summed E-state index contributed by atoms with van der Waals surface area (Å²) < 4.78 is 27.3. The lowest BCUT2D eigenvalue weighted by Gasteiger charge is -2.41. The second-order valence-electron chi connectivity index (χ2n) is 7.65. The zero-order valence-corrected chi connectivity index (χ0v) is 17.5. The average Bonchev–Trinajstić information content (AvgIpc) is 2.99. The minimum atomic E-state index is -3.20. The maximum absolute atomic E-state index is 11.9. The highest BCUT2D eigenvalue weighted by Crippen LogP contribution is 2.26. The fourth-order valence-corrected chi connectivity index (χ4v) is 5.29. The number of hydrogen-bond acceptors (Lipinski definition) is 5. The number of rotatable bonds is 5. The van der Waals surface area contributed by atoms with E-state index in [2.05, 4.69) is 17.9 Å². The molecule has 0 N–H and O–H groups in total. The Morgan fingerprint density at radius 3 is 2.64 bits per heavy atom. The van der Waals surface area contributed by atoms with Gasteiger partial charge < -0.3 is 4.57 Å². The summed E-state index contributed by atoms with van der Waals surface area (Å²) in [5.74, 6) is 0. The minimum absolute atomic E-state index is 0.0829. The van der Waals surface area contributed by atoms with Gasteiger partial charge in [0.1, 0.15) is 18.0 Å². The Bertz CT molecular complexity index is 1050. The SMILES string of the molecule is Cc1c(C=O)ccc2c1cc(C#N)n2C[C@H](C)N1CCN(S(C)(=O)=O)[C@H](C)C1. The van der Waals surface area contributed by atoms with Crippen molar-refractivity contribution in [2.24, 2.45) is 0 Å². The quantitative estimate of drug-likeness (QED) is 0.714. The van der Waals surface area contributed by atoms with Crippen LogP contribution >= 0.6 is 0 Å². The molecule has 0 spiro atoms. The van der Waals surface area contributed by atoms with E-state index < -0.39 is 10.0 Å². The van der Waals surface area contributed by atoms with Crippen LogP contribution in [0.5, 0.6) is 0 Å². The van der Waals surface area contributed by atoms with Crippen LogP contribution < -0.4 is 0 Å². The van der Waals surface area contributed by atoms with Crippen molar-refractivity contribution in [3.8, 4) is 6.07 Å². The maximum atomic E-state index is 11.9. The van der Waals surface area contributed by atoms with E-state index in [9.17, 15) is 18.5 Å². The van der Waals surface area contributed by atoms with E-state index in [0.717, 1.165) is 22.8 Å². The van der Waals surface area contributed by atoms with Crippen LogP contribution in [0, 0.1) is 18.3 Å². The van der Waals surface area contributed by atoms with E-state index in [1.165, 1.54) is 6.26 Å². The molecule has 150 valence electrons. The van der Waals surface area contributed by atoms with Crippen molar-refractivity contribution in [3.63, 3.8) is 0 Å². The molecule has 0 amide bonds. The summed E-state index contributed by atoms with van der Waals surface area (Å²) in [6, 6.07) is 7.84.